The Morgan fingerprint density at radius 1 is 1.41 bits per heavy atom. The minimum absolute atomic E-state index is 0.0389. The minimum atomic E-state index is -0.530. The molecule has 3 rings (SSSR count). The molecule has 0 unspecified atom stereocenters. The normalized spacial score (nSPS) is 17.2. The molecular formula is C17H23N3O2. The second-order valence-corrected chi connectivity index (χ2v) is 6.30. The van der Waals surface area contributed by atoms with E-state index in [4.69, 9.17) is 0 Å². The molecule has 0 spiro atoms. The third-order valence-electron chi connectivity index (χ3n) is 4.58. The number of benzene rings is 1. The number of amides is 2. The number of aryl methyl sites for hydroxylation is 1. The van der Waals surface area contributed by atoms with Crippen molar-refractivity contribution in [2.24, 2.45) is 5.92 Å². The molecule has 1 aromatic carbocycles. The predicted molar refractivity (Wildman–Crippen MR) is 88.0 cm³/mol. The summed E-state index contributed by atoms with van der Waals surface area (Å²) in [5, 5.41) is 16.5. The molecule has 118 valence electrons. The van der Waals surface area contributed by atoms with Gasteiger partial charge in [0.15, 0.2) is 0 Å². The fourth-order valence-electron chi connectivity index (χ4n) is 2.95. The Balaban J connectivity index is 1.73. The number of nitrogens with one attached hydrogen (secondary N) is 2. The van der Waals surface area contributed by atoms with Crippen molar-refractivity contribution in [2.75, 3.05) is 11.9 Å². The zero-order valence-electron chi connectivity index (χ0n) is 13.1. The first kappa shape index (κ1) is 14.9. The van der Waals surface area contributed by atoms with Crippen molar-refractivity contribution in [1.29, 1.82) is 0 Å². The molecule has 0 saturated heterocycles. The lowest BCUT2D eigenvalue weighted by atomic mass is 9.97. The number of anilines is 1. The minimum Gasteiger partial charge on any atom is -0.394 e. The Labute approximate surface area is 130 Å². The van der Waals surface area contributed by atoms with E-state index in [0.717, 1.165) is 36.0 Å². The van der Waals surface area contributed by atoms with Crippen molar-refractivity contribution >= 4 is 22.6 Å². The van der Waals surface area contributed by atoms with Gasteiger partial charge in [0, 0.05) is 18.4 Å². The van der Waals surface area contributed by atoms with Gasteiger partial charge in [-0.2, -0.15) is 0 Å². The van der Waals surface area contributed by atoms with Crippen molar-refractivity contribution in [3.63, 3.8) is 0 Å². The van der Waals surface area contributed by atoms with Crippen LogP contribution in [-0.4, -0.2) is 27.9 Å². The molecule has 1 aliphatic carbocycles. The van der Waals surface area contributed by atoms with E-state index in [1.807, 2.05) is 31.3 Å². The van der Waals surface area contributed by atoms with Gasteiger partial charge in [0.2, 0.25) is 0 Å². The summed E-state index contributed by atoms with van der Waals surface area (Å²) in [5.41, 5.74) is 1.33. The Morgan fingerprint density at radius 2 is 2.18 bits per heavy atom. The van der Waals surface area contributed by atoms with Crippen LogP contribution in [0.3, 0.4) is 0 Å². The van der Waals surface area contributed by atoms with E-state index in [1.54, 1.807) is 0 Å². The maximum atomic E-state index is 12.2. The van der Waals surface area contributed by atoms with Gasteiger partial charge in [0.05, 0.1) is 17.7 Å². The van der Waals surface area contributed by atoms with Crippen LogP contribution in [0.25, 0.3) is 10.9 Å². The van der Waals surface area contributed by atoms with Crippen molar-refractivity contribution in [3.05, 3.63) is 30.5 Å². The van der Waals surface area contributed by atoms with Gasteiger partial charge in [0.25, 0.3) is 0 Å². The van der Waals surface area contributed by atoms with Crippen LogP contribution in [0.15, 0.2) is 30.5 Å². The van der Waals surface area contributed by atoms with Gasteiger partial charge in [-0.05, 0) is 56.2 Å². The monoisotopic (exact) mass is 301 g/mol. The highest BCUT2D eigenvalue weighted by Gasteiger charge is 2.42. The van der Waals surface area contributed by atoms with E-state index < -0.39 is 5.54 Å². The second kappa shape index (κ2) is 5.65. The van der Waals surface area contributed by atoms with Gasteiger partial charge < -0.3 is 20.3 Å². The van der Waals surface area contributed by atoms with E-state index in [0.29, 0.717) is 5.92 Å². The molecule has 0 aliphatic heterocycles. The van der Waals surface area contributed by atoms with Crippen molar-refractivity contribution in [1.82, 2.24) is 9.88 Å². The van der Waals surface area contributed by atoms with Crippen molar-refractivity contribution in [2.45, 2.75) is 38.8 Å². The van der Waals surface area contributed by atoms with Crippen molar-refractivity contribution < 1.29 is 9.90 Å². The fourth-order valence-corrected chi connectivity index (χ4v) is 2.95. The van der Waals surface area contributed by atoms with Crippen LogP contribution in [-0.2, 0) is 6.54 Å². The molecule has 0 radical (unpaired) electrons. The molecule has 3 N–H and O–H groups in total. The third kappa shape index (κ3) is 2.81. The van der Waals surface area contributed by atoms with E-state index in [1.165, 1.54) is 0 Å². The maximum absolute atomic E-state index is 12.2. The molecule has 1 saturated carbocycles. The van der Waals surface area contributed by atoms with Gasteiger partial charge in [-0.15, -0.1) is 0 Å². The highest BCUT2D eigenvalue weighted by atomic mass is 16.3. The van der Waals surface area contributed by atoms with Crippen LogP contribution in [0.5, 0.6) is 0 Å². The molecule has 1 heterocycles. The summed E-state index contributed by atoms with van der Waals surface area (Å²) < 4.78 is 2.14. The number of aliphatic hydroxyl groups is 1. The fraction of sp³-hybridized carbons (Fsp3) is 0.471. The maximum Gasteiger partial charge on any atom is 0.319 e. The lowest BCUT2D eigenvalue weighted by Gasteiger charge is -2.28. The standard InChI is InChI=1S/C17H23N3O2/c1-3-20-9-8-12-4-7-14(10-15(12)20)18-16(22)19-17(2,11-21)13-5-6-13/h4,7-10,13,21H,3,5-6,11H2,1-2H3,(H2,18,19,22)/t17-/m0/s1. The highest BCUT2D eigenvalue weighted by Crippen LogP contribution is 2.39. The first-order valence-corrected chi connectivity index (χ1v) is 7.84. The quantitative estimate of drug-likeness (QED) is 0.795. The van der Waals surface area contributed by atoms with Crippen LogP contribution in [0.4, 0.5) is 10.5 Å². The summed E-state index contributed by atoms with van der Waals surface area (Å²) in [4.78, 5) is 12.2. The number of fused-ring (bicyclic) bond motifs is 1. The number of aliphatic hydroxyl groups excluding tert-OH is 1. The van der Waals surface area contributed by atoms with Crippen LogP contribution < -0.4 is 10.6 Å². The van der Waals surface area contributed by atoms with Gasteiger partial charge in [-0.1, -0.05) is 6.07 Å². The van der Waals surface area contributed by atoms with Gasteiger partial charge in [0.1, 0.15) is 0 Å². The lowest BCUT2D eigenvalue weighted by Crippen LogP contribution is -2.52. The summed E-state index contributed by atoms with van der Waals surface area (Å²) in [6, 6.07) is 7.68. The van der Waals surface area contributed by atoms with E-state index >= 15 is 0 Å². The second-order valence-electron chi connectivity index (χ2n) is 6.30. The Bertz CT molecular complexity index is 690. The number of nitrogens with zero attached hydrogens (tertiary/aromatic N) is 1. The number of rotatable bonds is 5. The first-order chi connectivity index (χ1) is 10.6. The van der Waals surface area contributed by atoms with Crippen LogP contribution in [0, 0.1) is 5.92 Å². The molecule has 1 fully saturated rings. The topological polar surface area (TPSA) is 66.3 Å². The number of carbonyl (C=O) groups excluding carboxylic acids is 1. The molecular weight excluding hydrogens is 278 g/mol. The van der Waals surface area contributed by atoms with Crippen LogP contribution in [0.2, 0.25) is 0 Å². The lowest BCUT2D eigenvalue weighted by molar-refractivity contribution is 0.159. The number of hydrogen-bond donors (Lipinski definition) is 3. The molecule has 5 heteroatoms. The molecule has 5 nitrogen and oxygen atoms in total. The van der Waals surface area contributed by atoms with Crippen LogP contribution >= 0.6 is 0 Å². The van der Waals surface area contributed by atoms with E-state index in [9.17, 15) is 9.90 Å². The number of urea groups is 1. The zero-order chi connectivity index (χ0) is 15.7. The summed E-state index contributed by atoms with van der Waals surface area (Å²) in [7, 11) is 0. The third-order valence-corrected chi connectivity index (χ3v) is 4.58. The number of aromatic nitrogens is 1. The number of hydrogen-bond acceptors (Lipinski definition) is 2. The molecule has 1 aliphatic rings. The van der Waals surface area contributed by atoms with Gasteiger partial charge >= 0.3 is 6.03 Å². The van der Waals surface area contributed by atoms with Crippen LogP contribution in [0.1, 0.15) is 26.7 Å². The molecule has 2 aromatic rings. The van der Waals surface area contributed by atoms with E-state index in [2.05, 4.69) is 28.2 Å². The average Bonchev–Trinajstić information content (AvgIpc) is 3.28. The molecule has 22 heavy (non-hydrogen) atoms. The highest BCUT2D eigenvalue weighted by molar-refractivity contribution is 5.93. The molecule has 2 amide bonds. The number of carbonyl (C=O) groups is 1. The Kier molecular flexibility index (Phi) is 3.83. The smallest absolute Gasteiger partial charge is 0.319 e. The van der Waals surface area contributed by atoms with Crippen molar-refractivity contribution in [3.8, 4) is 0 Å². The summed E-state index contributed by atoms with van der Waals surface area (Å²) in [6.07, 6.45) is 4.17. The van der Waals surface area contributed by atoms with E-state index in [-0.39, 0.29) is 12.6 Å². The summed E-state index contributed by atoms with van der Waals surface area (Å²) >= 11 is 0. The molecule has 0 bridgehead atoms. The Morgan fingerprint density at radius 3 is 2.82 bits per heavy atom. The Hall–Kier alpha value is -2.01. The summed E-state index contributed by atoms with van der Waals surface area (Å²) in [5.74, 6) is 0.378. The molecule has 1 aromatic heterocycles. The average molecular weight is 301 g/mol. The first-order valence-electron chi connectivity index (χ1n) is 7.84. The SMILES string of the molecule is CCn1ccc2ccc(NC(=O)N[C@@](C)(CO)C3CC3)cc21. The predicted octanol–water partition coefficient (Wildman–Crippen LogP) is 2.94. The zero-order valence-corrected chi connectivity index (χ0v) is 13.1. The van der Waals surface area contributed by atoms with Gasteiger partial charge in [-0.25, -0.2) is 4.79 Å². The van der Waals surface area contributed by atoms with Gasteiger partial charge in [-0.3, -0.25) is 0 Å². The molecule has 1 atom stereocenters. The summed E-state index contributed by atoms with van der Waals surface area (Å²) in [6.45, 7) is 4.84. The largest absolute Gasteiger partial charge is 0.394 e.